The van der Waals surface area contributed by atoms with Crippen molar-refractivity contribution in [3.63, 3.8) is 0 Å². The molecule has 1 heterocycles. The smallest absolute Gasteiger partial charge is 0.265 e. The van der Waals surface area contributed by atoms with Crippen molar-refractivity contribution < 1.29 is 9.53 Å². The van der Waals surface area contributed by atoms with Gasteiger partial charge in [-0.25, -0.2) is 0 Å². The van der Waals surface area contributed by atoms with E-state index in [1.165, 1.54) is 11.3 Å². The van der Waals surface area contributed by atoms with Gasteiger partial charge in [-0.15, -0.1) is 11.3 Å². The topological polar surface area (TPSA) is 38.3 Å². The Bertz CT molecular complexity index is 911. The van der Waals surface area contributed by atoms with Crippen molar-refractivity contribution in [2.75, 3.05) is 5.32 Å². The summed E-state index contributed by atoms with van der Waals surface area (Å²) in [6.45, 7) is 0.353. The number of hydrogen-bond acceptors (Lipinski definition) is 3. The summed E-state index contributed by atoms with van der Waals surface area (Å²) in [6.07, 6.45) is 0. The molecule has 25 heavy (non-hydrogen) atoms. The lowest BCUT2D eigenvalue weighted by Gasteiger charge is -2.06. The van der Waals surface area contributed by atoms with Crippen LogP contribution >= 0.6 is 46.1 Å². The summed E-state index contributed by atoms with van der Waals surface area (Å²) in [6, 6.07) is 13.9. The molecule has 0 radical (unpaired) electrons. The highest BCUT2D eigenvalue weighted by Crippen LogP contribution is 2.27. The number of thiophene rings is 1. The lowest BCUT2D eigenvalue weighted by molar-refractivity contribution is 0.103. The second-order valence-electron chi connectivity index (χ2n) is 5.14. The maximum atomic E-state index is 12.3. The number of rotatable bonds is 5. The van der Waals surface area contributed by atoms with Crippen LogP contribution in [0.2, 0.25) is 15.1 Å². The Morgan fingerprint density at radius 3 is 2.60 bits per heavy atom. The number of anilines is 1. The van der Waals surface area contributed by atoms with Crippen LogP contribution in [0.5, 0.6) is 5.75 Å². The molecule has 0 spiro atoms. The Kier molecular flexibility index (Phi) is 5.86. The molecule has 0 saturated heterocycles. The minimum Gasteiger partial charge on any atom is -0.489 e. The summed E-state index contributed by atoms with van der Waals surface area (Å²) in [5, 5.41) is 6.17. The summed E-state index contributed by atoms with van der Waals surface area (Å²) in [5.41, 5.74) is 1.42. The standard InChI is InChI=1S/C18H12Cl3NO2S/c19-12-2-1-3-14(7-12)24-9-11-6-17(25-10-11)18(23)22-16-5-4-13(20)8-15(16)21/h1-8,10H,9H2,(H,22,23). The monoisotopic (exact) mass is 411 g/mol. The molecule has 0 aliphatic rings. The van der Waals surface area contributed by atoms with E-state index < -0.39 is 0 Å². The van der Waals surface area contributed by atoms with E-state index in [1.54, 1.807) is 36.4 Å². The van der Waals surface area contributed by atoms with Crippen LogP contribution in [0.4, 0.5) is 5.69 Å². The van der Waals surface area contributed by atoms with Crippen molar-refractivity contribution in [2.24, 2.45) is 0 Å². The molecule has 0 unspecified atom stereocenters. The number of amides is 1. The van der Waals surface area contributed by atoms with Crippen molar-refractivity contribution in [3.8, 4) is 5.75 Å². The maximum Gasteiger partial charge on any atom is 0.265 e. The molecule has 0 aliphatic heterocycles. The fourth-order valence-corrected chi connectivity index (χ4v) is 3.50. The van der Waals surface area contributed by atoms with Gasteiger partial charge in [-0.1, -0.05) is 40.9 Å². The van der Waals surface area contributed by atoms with Gasteiger partial charge >= 0.3 is 0 Å². The number of benzene rings is 2. The molecule has 0 fully saturated rings. The fourth-order valence-electron chi connectivity index (χ4n) is 2.07. The van der Waals surface area contributed by atoms with E-state index in [-0.39, 0.29) is 5.91 Å². The van der Waals surface area contributed by atoms with Crippen LogP contribution in [0.3, 0.4) is 0 Å². The van der Waals surface area contributed by atoms with Gasteiger partial charge in [-0.3, -0.25) is 4.79 Å². The summed E-state index contributed by atoms with van der Waals surface area (Å²) in [7, 11) is 0. The summed E-state index contributed by atoms with van der Waals surface area (Å²) < 4.78 is 5.67. The normalized spacial score (nSPS) is 10.5. The summed E-state index contributed by atoms with van der Waals surface area (Å²) in [5.74, 6) is 0.445. The Hall–Kier alpha value is -1.72. The van der Waals surface area contributed by atoms with Crippen LogP contribution in [0.25, 0.3) is 0 Å². The molecule has 0 atom stereocenters. The highest BCUT2D eigenvalue weighted by atomic mass is 35.5. The third-order valence-electron chi connectivity index (χ3n) is 3.26. The maximum absolute atomic E-state index is 12.3. The van der Waals surface area contributed by atoms with Crippen LogP contribution in [-0.4, -0.2) is 5.91 Å². The third-order valence-corrected chi connectivity index (χ3v) is 5.02. The van der Waals surface area contributed by atoms with E-state index in [2.05, 4.69) is 5.32 Å². The first-order valence-electron chi connectivity index (χ1n) is 7.23. The minimum atomic E-state index is -0.233. The first kappa shape index (κ1) is 18.1. The minimum absolute atomic E-state index is 0.233. The van der Waals surface area contributed by atoms with Crippen LogP contribution in [-0.2, 0) is 6.61 Å². The van der Waals surface area contributed by atoms with E-state index in [0.717, 1.165) is 5.56 Å². The average molecular weight is 413 g/mol. The van der Waals surface area contributed by atoms with Gasteiger partial charge in [0.2, 0.25) is 0 Å². The zero-order chi connectivity index (χ0) is 17.8. The van der Waals surface area contributed by atoms with Gasteiger partial charge in [-0.2, -0.15) is 0 Å². The van der Waals surface area contributed by atoms with Gasteiger partial charge in [-0.05, 0) is 47.8 Å². The largest absolute Gasteiger partial charge is 0.489 e. The molecular formula is C18H12Cl3NO2S. The van der Waals surface area contributed by atoms with Crippen LogP contribution in [0.1, 0.15) is 15.2 Å². The quantitative estimate of drug-likeness (QED) is 0.516. The van der Waals surface area contributed by atoms with Crippen molar-refractivity contribution in [1.29, 1.82) is 0 Å². The molecule has 3 nitrogen and oxygen atoms in total. The predicted octanol–water partition coefficient (Wildman–Crippen LogP) is 6.54. The number of carbonyl (C=O) groups is 1. The Balaban J connectivity index is 1.63. The van der Waals surface area contributed by atoms with Crippen LogP contribution in [0, 0.1) is 0 Å². The SMILES string of the molecule is O=C(Nc1ccc(Cl)cc1Cl)c1cc(COc2cccc(Cl)c2)cs1. The second kappa shape index (κ2) is 8.11. The first-order valence-corrected chi connectivity index (χ1v) is 9.25. The highest BCUT2D eigenvalue weighted by Gasteiger charge is 2.12. The van der Waals surface area contributed by atoms with E-state index in [0.29, 0.717) is 38.0 Å². The van der Waals surface area contributed by atoms with E-state index in [4.69, 9.17) is 39.5 Å². The zero-order valence-electron chi connectivity index (χ0n) is 12.8. The molecular weight excluding hydrogens is 401 g/mol. The summed E-state index contributed by atoms with van der Waals surface area (Å²) in [4.78, 5) is 12.9. The molecule has 0 saturated carbocycles. The van der Waals surface area contributed by atoms with E-state index in [9.17, 15) is 4.79 Å². The lowest BCUT2D eigenvalue weighted by Crippen LogP contribution is -2.10. The molecule has 3 rings (SSSR count). The number of halogens is 3. The van der Waals surface area contributed by atoms with E-state index in [1.807, 2.05) is 17.5 Å². The molecule has 1 amide bonds. The molecule has 7 heteroatoms. The summed E-state index contributed by atoms with van der Waals surface area (Å²) >= 11 is 19.2. The number of ether oxygens (including phenoxy) is 1. The lowest BCUT2D eigenvalue weighted by atomic mass is 10.3. The van der Waals surface area contributed by atoms with Crippen molar-refractivity contribution in [1.82, 2.24) is 0 Å². The molecule has 2 aromatic carbocycles. The third kappa shape index (κ3) is 4.89. The number of nitrogens with one attached hydrogen (secondary N) is 1. The van der Waals surface area contributed by atoms with Crippen molar-refractivity contribution >= 4 is 57.7 Å². The number of hydrogen-bond donors (Lipinski definition) is 1. The van der Waals surface area contributed by atoms with Gasteiger partial charge in [0.05, 0.1) is 15.6 Å². The molecule has 128 valence electrons. The van der Waals surface area contributed by atoms with Crippen molar-refractivity contribution in [3.05, 3.63) is 79.4 Å². The Labute approximate surface area is 164 Å². The van der Waals surface area contributed by atoms with Gasteiger partial charge < -0.3 is 10.1 Å². The fraction of sp³-hybridized carbons (Fsp3) is 0.0556. The van der Waals surface area contributed by atoms with Crippen LogP contribution < -0.4 is 10.1 Å². The molecule has 0 bridgehead atoms. The zero-order valence-corrected chi connectivity index (χ0v) is 15.8. The molecule has 1 aromatic heterocycles. The van der Waals surface area contributed by atoms with Gasteiger partial charge in [0.15, 0.2) is 0 Å². The van der Waals surface area contributed by atoms with Crippen LogP contribution in [0.15, 0.2) is 53.9 Å². The van der Waals surface area contributed by atoms with Crippen molar-refractivity contribution in [2.45, 2.75) is 6.61 Å². The molecule has 0 aliphatic carbocycles. The van der Waals surface area contributed by atoms with E-state index >= 15 is 0 Å². The average Bonchev–Trinajstić information content (AvgIpc) is 3.05. The second-order valence-corrected chi connectivity index (χ2v) is 7.33. The Morgan fingerprint density at radius 1 is 1.04 bits per heavy atom. The first-order chi connectivity index (χ1) is 12.0. The molecule has 3 aromatic rings. The molecule has 1 N–H and O–H groups in total. The number of carbonyl (C=O) groups excluding carboxylic acids is 1. The van der Waals surface area contributed by atoms with Gasteiger partial charge in [0.1, 0.15) is 12.4 Å². The predicted molar refractivity (Wildman–Crippen MR) is 105 cm³/mol. The van der Waals surface area contributed by atoms with Gasteiger partial charge in [0.25, 0.3) is 5.91 Å². The highest BCUT2D eigenvalue weighted by molar-refractivity contribution is 7.12. The Morgan fingerprint density at radius 2 is 1.84 bits per heavy atom. The van der Waals surface area contributed by atoms with Gasteiger partial charge in [0, 0.05) is 15.6 Å².